The fourth-order valence-electron chi connectivity index (χ4n) is 1.62. The topological polar surface area (TPSA) is 52.3 Å². The summed E-state index contributed by atoms with van der Waals surface area (Å²) in [6.07, 6.45) is 1.32. The van der Waals surface area contributed by atoms with Gasteiger partial charge in [-0.05, 0) is 31.6 Å². The number of rotatable bonds is 4. The van der Waals surface area contributed by atoms with Crippen LogP contribution in [0.5, 0.6) is 0 Å². The lowest BCUT2D eigenvalue weighted by Gasteiger charge is -2.34. The zero-order valence-corrected chi connectivity index (χ0v) is 10.9. The van der Waals surface area contributed by atoms with Crippen LogP contribution in [0.3, 0.4) is 0 Å². The summed E-state index contributed by atoms with van der Waals surface area (Å²) >= 11 is 0. The Morgan fingerprint density at radius 3 is 2.00 bits per heavy atom. The molecule has 0 aliphatic rings. The first kappa shape index (κ1) is 14.4. The largest absolute Gasteiger partial charge is 0.469 e. The third kappa shape index (κ3) is 6.50. The minimum absolute atomic E-state index is 0.157. The average Bonchev–Trinajstić information content (AvgIpc) is 1.98. The van der Waals surface area contributed by atoms with E-state index >= 15 is 0 Å². The highest BCUT2D eigenvalue weighted by atomic mass is 16.5. The SMILES string of the molecule is COC(=O)CC(CC(C)(C)C)C(C)(C)N. The summed E-state index contributed by atoms with van der Waals surface area (Å²) in [6.45, 7) is 10.4. The van der Waals surface area contributed by atoms with Crippen LogP contribution in [0.4, 0.5) is 0 Å². The van der Waals surface area contributed by atoms with Crippen molar-refractivity contribution in [2.45, 2.75) is 53.0 Å². The maximum atomic E-state index is 11.3. The molecule has 0 saturated heterocycles. The minimum atomic E-state index is -0.346. The molecule has 0 fully saturated rings. The van der Waals surface area contributed by atoms with Gasteiger partial charge in [-0.15, -0.1) is 0 Å². The van der Waals surface area contributed by atoms with Gasteiger partial charge in [0.1, 0.15) is 0 Å². The number of esters is 1. The molecule has 0 aliphatic heterocycles. The van der Waals surface area contributed by atoms with Crippen LogP contribution in [-0.2, 0) is 9.53 Å². The standard InChI is InChI=1S/C12H25NO2/c1-11(2,3)8-9(12(4,5)13)7-10(14)15-6/h9H,7-8,13H2,1-6H3. The Bertz CT molecular complexity index is 211. The van der Waals surface area contributed by atoms with Gasteiger partial charge in [0.05, 0.1) is 13.5 Å². The lowest BCUT2D eigenvalue weighted by molar-refractivity contribution is -0.142. The highest BCUT2D eigenvalue weighted by Gasteiger charge is 2.31. The number of carbonyl (C=O) groups excluding carboxylic acids is 1. The molecule has 0 rings (SSSR count). The number of ether oxygens (including phenoxy) is 1. The van der Waals surface area contributed by atoms with Crippen molar-refractivity contribution in [2.75, 3.05) is 7.11 Å². The molecule has 0 aromatic heterocycles. The predicted octanol–water partition coefficient (Wildman–Crippen LogP) is 2.34. The van der Waals surface area contributed by atoms with E-state index in [4.69, 9.17) is 10.5 Å². The minimum Gasteiger partial charge on any atom is -0.469 e. The molecule has 0 spiro atoms. The fraction of sp³-hybridized carbons (Fsp3) is 0.917. The van der Waals surface area contributed by atoms with Crippen molar-refractivity contribution in [1.82, 2.24) is 0 Å². The molecule has 0 aromatic rings. The van der Waals surface area contributed by atoms with Crippen molar-refractivity contribution < 1.29 is 9.53 Å². The van der Waals surface area contributed by atoms with Gasteiger partial charge in [-0.3, -0.25) is 4.79 Å². The molecule has 0 bridgehead atoms. The Kier molecular flexibility index (Phi) is 4.78. The summed E-state index contributed by atoms with van der Waals surface area (Å²) in [7, 11) is 1.42. The fourth-order valence-corrected chi connectivity index (χ4v) is 1.62. The van der Waals surface area contributed by atoms with Crippen LogP contribution in [0.15, 0.2) is 0 Å². The summed E-state index contributed by atoms with van der Waals surface area (Å²) in [5.74, 6) is -0.0206. The van der Waals surface area contributed by atoms with E-state index in [0.717, 1.165) is 6.42 Å². The summed E-state index contributed by atoms with van der Waals surface area (Å²) < 4.78 is 4.70. The van der Waals surface area contributed by atoms with Crippen molar-refractivity contribution in [1.29, 1.82) is 0 Å². The van der Waals surface area contributed by atoms with Crippen LogP contribution in [0.1, 0.15) is 47.5 Å². The summed E-state index contributed by atoms with van der Waals surface area (Å²) in [6, 6.07) is 0. The second-order valence-electron chi connectivity index (χ2n) is 6.06. The van der Waals surface area contributed by atoms with E-state index in [9.17, 15) is 4.79 Å². The number of hydrogen-bond donors (Lipinski definition) is 1. The quantitative estimate of drug-likeness (QED) is 0.732. The van der Waals surface area contributed by atoms with Crippen LogP contribution in [0.25, 0.3) is 0 Å². The van der Waals surface area contributed by atoms with Gasteiger partial charge in [0, 0.05) is 5.54 Å². The Balaban J connectivity index is 4.54. The molecule has 90 valence electrons. The Labute approximate surface area is 93.4 Å². The van der Waals surface area contributed by atoms with Crippen molar-refractivity contribution in [3.8, 4) is 0 Å². The molecule has 0 aromatic carbocycles. The molecule has 2 N–H and O–H groups in total. The molecule has 0 saturated carbocycles. The van der Waals surface area contributed by atoms with Gasteiger partial charge in [0.15, 0.2) is 0 Å². The maximum absolute atomic E-state index is 11.3. The van der Waals surface area contributed by atoms with Crippen LogP contribution in [0, 0.1) is 11.3 Å². The van der Waals surface area contributed by atoms with E-state index in [-0.39, 0.29) is 22.8 Å². The summed E-state index contributed by atoms with van der Waals surface area (Å²) in [5.41, 5.74) is 5.91. The van der Waals surface area contributed by atoms with Crippen LogP contribution in [-0.4, -0.2) is 18.6 Å². The number of hydrogen-bond acceptors (Lipinski definition) is 3. The molecular formula is C12H25NO2. The monoisotopic (exact) mass is 215 g/mol. The van der Waals surface area contributed by atoms with E-state index in [1.54, 1.807) is 0 Å². The molecule has 0 heterocycles. The zero-order valence-electron chi connectivity index (χ0n) is 10.9. The maximum Gasteiger partial charge on any atom is 0.305 e. The van der Waals surface area contributed by atoms with Crippen molar-refractivity contribution in [3.63, 3.8) is 0 Å². The molecule has 0 radical (unpaired) electrons. The molecule has 3 heteroatoms. The first-order valence-corrected chi connectivity index (χ1v) is 5.42. The van der Waals surface area contributed by atoms with E-state index in [2.05, 4.69) is 20.8 Å². The summed E-state index contributed by atoms with van der Waals surface area (Å²) in [5, 5.41) is 0. The molecule has 3 nitrogen and oxygen atoms in total. The third-order valence-corrected chi connectivity index (χ3v) is 2.55. The van der Waals surface area contributed by atoms with E-state index in [1.807, 2.05) is 13.8 Å². The summed E-state index contributed by atoms with van der Waals surface area (Å²) in [4.78, 5) is 11.3. The van der Waals surface area contributed by atoms with Crippen LogP contribution < -0.4 is 5.73 Å². The van der Waals surface area contributed by atoms with Gasteiger partial charge >= 0.3 is 5.97 Å². The highest BCUT2D eigenvalue weighted by Crippen LogP contribution is 2.32. The number of nitrogens with two attached hydrogens (primary N) is 1. The second-order valence-corrected chi connectivity index (χ2v) is 6.06. The van der Waals surface area contributed by atoms with Gasteiger partial charge in [0.2, 0.25) is 0 Å². The Morgan fingerprint density at radius 2 is 1.73 bits per heavy atom. The zero-order chi connectivity index (χ0) is 12.3. The normalized spacial score (nSPS) is 14.9. The van der Waals surface area contributed by atoms with Gasteiger partial charge in [-0.25, -0.2) is 0 Å². The van der Waals surface area contributed by atoms with Gasteiger partial charge in [0.25, 0.3) is 0 Å². The van der Waals surface area contributed by atoms with E-state index < -0.39 is 0 Å². The van der Waals surface area contributed by atoms with E-state index in [1.165, 1.54) is 7.11 Å². The van der Waals surface area contributed by atoms with Crippen molar-refractivity contribution >= 4 is 5.97 Å². The van der Waals surface area contributed by atoms with Gasteiger partial charge in [-0.2, -0.15) is 0 Å². The van der Waals surface area contributed by atoms with Crippen molar-refractivity contribution in [3.05, 3.63) is 0 Å². The molecule has 15 heavy (non-hydrogen) atoms. The van der Waals surface area contributed by atoms with Gasteiger partial charge in [-0.1, -0.05) is 20.8 Å². The molecule has 1 unspecified atom stereocenters. The smallest absolute Gasteiger partial charge is 0.305 e. The first-order chi connectivity index (χ1) is 6.56. The second kappa shape index (κ2) is 4.97. The third-order valence-electron chi connectivity index (χ3n) is 2.55. The van der Waals surface area contributed by atoms with Gasteiger partial charge < -0.3 is 10.5 Å². The Hall–Kier alpha value is -0.570. The molecule has 1 atom stereocenters. The van der Waals surface area contributed by atoms with E-state index in [0.29, 0.717) is 6.42 Å². The Morgan fingerprint density at radius 1 is 1.27 bits per heavy atom. The molecular weight excluding hydrogens is 190 g/mol. The highest BCUT2D eigenvalue weighted by molar-refractivity contribution is 5.69. The number of carbonyl (C=O) groups is 1. The lowest BCUT2D eigenvalue weighted by atomic mass is 9.75. The average molecular weight is 215 g/mol. The molecule has 0 aliphatic carbocycles. The predicted molar refractivity (Wildman–Crippen MR) is 62.5 cm³/mol. The number of methoxy groups -OCH3 is 1. The first-order valence-electron chi connectivity index (χ1n) is 5.42. The van der Waals surface area contributed by atoms with Crippen molar-refractivity contribution in [2.24, 2.45) is 17.1 Å². The molecule has 0 amide bonds. The van der Waals surface area contributed by atoms with Crippen LogP contribution >= 0.6 is 0 Å². The lowest BCUT2D eigenvalue weighted by Crippen LogP contribution is -2.43. The van der Waals surface area contributed by atoms with Crippen LogP contribution in [0.2, 0.25) is 0 Å².